The second-order valence-corrected chi connectivity index (χ2v) is 3.44. The average Bonchev–Trinajstić information content (AvgIpc) is 2.13. The van der Waals surface area contributed by atoms with Crippen molar-refractivity contribution in [3.8, 4) is 0 Å². The zero-order valence-electron chi connectivity index (χ0n) is 6.85. The van der Waals surface area contributed by atoms with E-state index in [-0.39, 0.29) is 18.6 Å². The molecule has 1 aromatic rings. The first-order chi connectivity index (χ1) is 6.15. The van der Waals surface area contributed by atoms with Gasteiger partial charge in [-0.2, -0.15) is 0 Å². The van der Waals surface area contributed by atoms with Crippen LogP contribution in [0, 0.1) is 0 Å². The maximum Gasteiger partial charge on any atom is 0.267 e. The Hall–Kier alpha value is -0.720. The lowest BCUT2D eigenvalue weighted by atomic mass is 10.3. The molecule has 0 aromatic carbocycles. The van der Waals surface area contributed by atoms with E-state index in [4.69, 9.17) is 5.73 Å². The molecule has 0 saturated carbocycles. The Morgan fingerprint density at radius 3 is 3.08 bits per heavy atom. The molecule has 5 nitrogen and oxygen atoms in total. The van der Waals surface area contributed by atoms with Crippen LogP contribution in [0.3, 0.4) is 0 Å². The highest BCUT2D eigenvalue weighted by molar-refractivity contribution is 9.10. The first kappa shape index (κ1) is 10.4. The van der Waals surface area contributed by atoms with Gasteiger partial charge in [-0.1, -0.05) is 0 Å². The fourth-order valence-electron chi connectivity index (χ4n) is 0.856. The summed E-state index contributed by atoms with van der Waals surface area (Å²) in [6.07, 6.45) is 2.06. The fourth-order valence-corrected chi connectivity index (χ4v) is 1.20. The largest absolute Gasteiger partial charge is 0.390 e. The number of hydrogen-bond donors (Lipinski definition) is 2. The third-order valence-corrected chi connectivity index (χ3v) is 2.08. The SMILES string of the molecule is NC[C@H](O)Cn1cncc(Br)c1=O. The molecule has 0 saturated heterocycles. The summed E-state index contributed by atoms with van der Waals surface area (Å²) in [4.78, 5) is 15.1. The van der Waals surface area contributed by atoms with Crippen molar-refractivity contribution in [3.63, 3.8) is 0 Å². The minimum absolute atomic E-state index is 0.124. The van der Waals surface area contributed by atoms with E-state index in [0.717, 1.165) is 0 Å². The number of hydrogen-bond acceptors (Lipinski definition) is 4. The molecule has 0 fully saturated rings. The summed E-state index contributed by atoms with van der Waals surface area (Å²) in [6.45, 7) is 0.292. The van der Waals surface area contributed by atoms with E-state index in [0.29, 0.717) is 4.47 Å². The number of aliphatic hydroxyl groups is 1. The van der Waals surface area contributed by atoms with Gasteiger partial charge >= 0.3 is 0 Å². The molecule has 0 aliphatic carbocycles. The topological polar surface area (TPSA) is 81.1 Å². The van der Waals surface area contributed by atoms with Crippen LogP contribution in [-0.2, 0) is 6.54 Å². The lowest BCUT2D eigenvalue weighted by Gasteiger charge is -2.09. The van der Waals surface area contributed by atoms with E-state index in [1.165, 1.54) is 17.1 Å². The zero-order chi connectivity index (χ0) is 9.84. The normalized spacial score (nSPS) is 12.8. The molecule has 0 aliphatic heterocycles. The van der Waals surface area contributed by atoms with Gasteiger partial charge in [-0.05, 0) is 15.9 Å². The average molecular weight is 248 g/mol. The Labute approximate surface area is 83.3 Å². The van der Waals surface area contributed by atoms with Crippen LogP contribution in [0.15, 0.2) is 21.8 Å². The van der Waals surface area contributed by atoms with Gasteiger partial charge in [-0.3, -0.25) is 9.36 Å². The van der Waals surface area contributed by atoms with E-state index >= 15 is 0 Å². The van der Waals surface area contributed by atoms with Gasteiger partial charge in [0, 0.05) is 12.7 Å². The highest BCUT2D eigenvalue weighted by Crippen LogP contribution is 1.98. The predicted octanol–water partition coefficient (Wildman–Crippen LogP) is -0.675. The maximum absolute atomic E-state index is 11.3. The summed E-state index contributed by atoms with van der Waals surface area (Å²) >= 11 is 3.05. The smallest absolute Gasteiger partial charge is 0.267 e. The van der Waals surface area contributed by atoms with Gasteiger partial charge in [0.1, 0.15) is 4.47 Å². The van der Waals surface area contributed by atoms with Crippen molar-refractivity contribution in [2.24, 2.45) is 5.73 Å². The Morgan fingerprint density at radius 2 is 2.46 bits per heavy atom. The number of aromatic nitrogens is 2. The summed E-state index contributed by atoms with van der Waals surface area (Å²) in [5.41, 5.74) is 4.99. The molecule has 13 heavy (non-hydrogen) atoms. The van der Waals surface area contributed by atoms with Crippen LogP contribution in [0.1, 0.15) is 0 Å². The van der Waals surface area contributed by atoms with Gasteiger partial charge in [-0.25, -0.2) is 4.98 Å². The number of nitrogens with two attached hydrogens (primary N) is 1. The zero-order valence-corrected chi connectivity index (χ0v) is 8.44. The fraction of sp³-hybridized carbons (Fsp3) is 0.429. The molecule has 1 rings (SSSR count). The van der Waals surface area contributed by atoms with E-state index in [1.807, 2.05) is 0 Å². The van der Waals surface area contributed by atoms with Gasteiger partial charge in [0.05, 0.1) is 19.0 Å². The molecule has 0 aliphatic rings. The molecule has 0 bridgehead atoms. The lowest BCUT2D eigenvalue weighted by Crippen LogP contribution is -2.31. The highest BCUT2D eigenvalue weighted by atomic mass is 79.9. The van der Waals surface area contributed by atoms with Gasteiger partial charge in [0.15, 0.2) is 0 Å². The summed E-state index contributed by atoms with van der Waals surface area (Å²) in [5.74, 6) is 0. The van der Waals surface area contributed by atoms with Crippen LogP contribution in [0.25, 0.3) is 0 Å². The van der Waals surface area contributed by atoms with Crippen LogP contribution in [-0.4, -0.2) is 27.3 Å². The Balaban J connectivity index is 2.89. The predicted molar refractivity (Wildman–Crippen MR) is 51.3 cm³/mol. The van der Waals surface area contributed by atoms with Crippen LogP contribution in [0.2, 0.25) is 0 Å². The Morgan fingerprint density at radius 1 is 1.77 bits per heavy atom. The summed E-state index contributed by atoms with van der Waals surface area (Å²) < 4.78 is 1.68. The molecule has 72 valence electrons. The second kappa shape index (κ2) is 4.50. The van der Waals surface area contributed by atoms with Crippen LogP contribution in [0.4, 0.5) is 0 Å². The first-order valence-electron chi connectivity index (χ1n) is 3.73. The number of aliphatic hydroxyl groups excluding tert-OH is 1. The maximum atomic E-state index is 11.3. The van der Waals surface area contributed by atoms with Gasteiger partial charge in [-0.15, -0.1) is 0 Å². The molecule has 0 unspecified atom stereocenters. The standard InChI is InChI=1S/C7H10BrN3O2/c8-6-2-10-4-11(7(6)13)3-5(12)1-9/h2,4-5,12H,1,3,9H2/t5-/m0/s1. The first-order valence-corrected chi connectivity index (χ1v) is 4.52. The molecule has 1 atom stereocenters. The van der Waals surface area contributed by atoms with E-state index in [9.17, 15) is 9.90 Å². The number of rotatable bonds is 3. The van der Waals surface area contributed by atoms with Crippen molar-refractivity contribution in [3.05, 3.63) is 27.4 Å². The van der Waals surface area contributed by atoms with E-state index in [1.54, 1.807) is 0 Å². The molecular weight excluding hydrogens is 238 g/mol. The highest BCUT2D eigenvalue weighted by Gasteiger charge is 2.05. The molecule has 1 aromatic heterocycles. The molecule has 0 amide bonds. The summed E-state index contributed by atoms with van der Waals surface area (Å²) in [5, 5.41) is 9.20. The third-order valence-electron chi connectivity index (χ3n) is 1.54. The monoisotopic (exact) mass is 247 g/mol. The molecule has 3 N–H and O–H groups in total. The number of nitrogens with zero attached hydrogens (tertiary/aromatic N) is 2. The van der Waals surface area contributed by atoms with Crippen molar-refractivity contribution in [2.75, 3.05) is 6.54 Å². The van der Waals surface area contributed by atoms with Gasteiger partial charge < -0.3 is 10.8 Å². The Kier molecular flexibility index (Phi) is 3.58. The van der Waals surface area contributed by atoms with Crippen molar-refractivity contribution in [1.82, 2.24) is 9.55 Å². The second-order valence-electron chi connectivity index (χ2n) is 2.59. The lowest BCUT2D eigenvalue weighted by molar-refractivity contribution is 0.160. The van der Waals surface area contributed by atoms with Crippen molar-refractivity contribution < 1.29 is 5.11 Å². The Bertz CT molecular complexity index is 339. The van der Waals surface area contributed by atoms with Crippen LogP contribution < -0.4 is 11.3 Å². The van der Waals surface area contributed by atoms with Gasteiger partial charge in [0.25, 0.3) is 5.56 Å². The van der Waals surface area contributed by atoms with Gasteiger partial charge in [0.2, 0.25) is 0 Å². The van der Waals surface area contributed by atoms with Crippen molar-refractivity contribution in [1.29, 1.82) is 0 Å². The third kappa shape index (κ3) is 2.61. The van der Waals surface area contributed by atoms with Crippen molar-refractivity contribution in [2.45, 2.75) is 12.6 Å². The minimum atomic E-state index is -0.714. The quantitative estimate of drug-likeness (QED) is 0.743. The van der Waals surface area contributed by atoms with E-state index in [2.05, 4.69) is 20.9 Å². The van der Waals surface area contributed by atoms with E-state index < -0.39 is 6.10 Å². The molecule has 0 spiro atoms. The summed E-state index contributed by atoms with van der Waals surface area (Å²) in [6, 6.07) is 0. The van der Waals surface area contributed by atoms with Crippen molar-refractivity contribution >= 4 is 15.9 Å². The molecule has 1 heterocycles. The van der Waals surface area contributed by atoms with Crippen LogP contribution >= 0.6 is 15.9 Å². The molecule has 6 heteroatoms. The number of halogens is 1. The molecular formula is C7H10BrN3O2. The van der Waals surface area contributed by atoms with Crippen LogP contribution in [0.5, 0.6) is 0 Å². The minimum Gasteiger partial charge on any atom is -0.390 e. The summed E-state index contributed by atoms with van der Waals surface area (Å²) in [7, 11) is 0. The molecule has 0 radical (unpaired) electrons.